The van der Waals surface area contributed by atoms with Crippen molar-refractivity contribution in [2.45, 2.75) is 13.0 Å². The van der Waals surface area contributed by atoms with Gasteiger partial charge in [-0.25, -0.2) is 0 Å². The van der Waals surface area contributed by atoms with E-state index in [0.29, 0.717) is 18.4 Å². The first-order chi connectivity index (χ1) is 11.3. The van der Waals surface area contributed by atoms with E-state index in [1.165, 1.54) is 28.5 Å². The van der Waals surface area contributed by atoms with Gasteiger partial charge in [-0.05, 0) is 16.7 Å². The van der Waals surface area contributed by atoms with Crippen molar-refractivity contribution < 1.29 is 4.74 Å². The van der Waals surface area contributed by atoms with Crippen molar-refractivity contribution in [1.82, 2.24) is 0 Å². The summed E-state index contributed by atoms with van der Waals surface area (Å²) in [4.78, 5) is 0. The molecular formula is C18H20BrN3OS. The topological polar surface area (TPSA) is 60.0 Å². The molecule has 1 aliphatic heterocycles. The molecule has 3 rings (SSSR count). The molecule has 24 heavy (non-hydrogen) atoms. The summed E-state index contributed by atoms with van der Waals surface area (Å²) in [6.45, 7) is 1.26. The van der Waals surface area contributed by atoms with Gasteiger partial charge in [-0.3, -0.25) is 0 Å². The lowest BCUT2D eigenvalue weighted by Gasteiger charge is -2.09. The van der Waals surface area contributed by atoms with Crippen LogP contribution in [-0.2, 0) is 11.3 Å². The lowest BCUT2D eigenvalue weighted by Crippen LogP contribution is -2.16. The Morgan fingerprint density at radius 1 is 0.958 bits per heavy atom. The van der Waals surface area contributed by atoms with Gasteiger partial charge in [0.15, 0.2) is 5.17 Å². The van der Waals surface area contributed by atoms with Crippen LogP contribution < -0.4 is 5.73 Å². The molecule has 4 nitrogen and oxygen atoms in total. The molecule has 0 amide bonds. The molecule has 2 aromatic rings. The summed E-state index contributed by atoms with van der Waals surface area (Å²) in [5, 5.41) is 8.49. The minimum Gasteiger partial charge on any atom is -0.377 e. The molecule has 0 saturated heterocycles. The summed E-state index contributed by atoms with van der Waals surface area (Å²) in [7, 11) is 0. The maximum atomic E-state index is 5.73. The number of hydrogen-bond donors (Lipinski definition) is 1. The molecule has 0 aromatic heterocycles. The number of amidine groups is 1. The van der Waals surface area contributed by atoms with Crippen molar-refractivity contribution in [2.24, 2.45) is 15.9 Å². The molecule has 2 N–H and O–H groups in total. The van der Waals surface area contributed by atoms with Crippen LogP contribution in [0.5, 0.6) is 0 Å². The fourth-order valence-corrected chi connectivity index (χ4v) is 2.88. The smallest absolute Gasteiger partial charge is 0.180 e. The van der Waals surface area contributed by atoms with E-state index < -0.39 is 0 Å². The third kappa shape index (κ3) is 5.47. The van der Waals surface area contributed by atoms with E-state index in [1.54, 1.807) is 0 Å². The number of hydrogen-bond acceptors (Lipinski definition) is 5. The molecular weight excluding hydrogens is 386 g/mol. The average molecular weight is 406 g/mol. The Bertz CT molecular complexity index is 702. The van der Waals surface area contributed by atoms with Crippen LogP contribution >= 0.6 is 28.7 Å². The van der Waals surface area contributed by atoms with Crippen molar-refractivity contribution in [2.75, 3.05) is 12.4 Å². The largest absolute Gasteiger partial charge is 0.377 e. The summed E-state index contributed by atoms with van der Waals surface area (Å²) in [5.74, 6) is 0.810. The molecule has 0 saturated carbocycles. The first-order valence-electron chi connectivity index (χ1n) is 7.55. The molecule has 1 aliphatic rings. The number of ether oxygens (including phenoxy) is 1. The molecule has 6 heteroatoms. The van der Waals surface area contributed by atoms with Crippen LogP contribution in [0.2, 0.25) is 0 Å². The van der Waals surface area contributed by atoms with Gasteiger partial charge in [0.2, 0.25) is 0 Å². The SMILES string of the molecule is Br.NC1=NN=C(CCOCc2ccc(-c3ccccc3)cc2)CS1. The number of rotatable bonds is 6. The Hall–Kier alpha value is -1.63. The zero-order valence-corrected chi connectivity index (χ0v) is 15.8. The Morgan fingerprint density at radius 3 is 2.33 bits per heavy atom. The molecule has 0 fully saturated rings. The summed E-state index contributed by atoms with van der Waals surface area (Å²) in [5.41, 5.74) is 10.2. The van der Waals surface area contributed by atoms with Gasteiger partial charge >= 0.3 is 0 Å². The molecule has 0 unspecified atom stereocenters. The summed E-state index contributed by atoms with van der Waals surface area (Å²) < 4.78 is 5.73. The number of halogens is 1. The molecule has 1 heterocycles. The van der Waals surface area contributed by atoms with E-state index in [9.17, 15) is 0 Å². The molecule has 0 spiro atoms. The predicted molar refractivity (Wildman–Crippen MR) is 108 cm³/mol. The molecule has 0 radical (unpaired) electrons. The van der Waals surface area contributed by atoms with Crippen LogP contribution in [0, 0.1) is 0 Å². The lowest BCUT2D eigenvalue weighted by molar-refractivity contribution is 0.127. The normalized spacial score (nSPS) is 13.7. The maximum absolute atomic E-state index is 5.73. The molecule has 126 valence electrons. The Balaban J connectivity index is 0.00000208. The van der Waals surface area contributed by atoms with E-state index in [2.05, 4.69) is 58.7 Å². The molecule has 2 aromatic carbocycles. The van der Waals surface area contributed by atoms with Crippen LogP contribution in [0.25, 0.3) is 11.1 Å². The van der Waals surface area contributed by atoms with Gasteiger partial charge in [-0.2, -0.15) is 5.10 Å². The first kappa shape index (κ1) is 18.7. The highest BCUT2D eigenvalue weighted by Gasteiger charge is 2.07. The Morgan fingerprint density at radius 2 is 1.67 bits per heavy atom. The van der Waals surface area contributed by atoms with Gasteiger partial charge < -0.3 is 10.5 Å². The minimum absolute atomic E-state index is 0. The molecule has 0 aliphatic carbocycles. The highest BCUT2D eigenvalue weighted by molar-refractivity contribution is 8.93. The maximum Gasteiger partial charge on any atom is 0.180 e. The fourth-order valence-electron chi connectivity index (χ4n) is 2.26. The highest BCUT2D eigenvalue weighted by atomic mass is 79.9. The average Bonchev–Trinajstić information content (AvgIpc) is 2.62. The van der Waals surface area contributed by atoms with Crippen LogP contribution in [-0.4, -0.2) is 23.2 Å². The third-order valence-corrected chi connectivity index (χ3v) is 4.40. The van der Waals surface area contributed by atoms with Gasteiger partial charge in [-0.15, -0.1) is 22.1 Å². The summed E-state index contributed by atoms with van der Waals surface area (Å²) >= 11 is 1.52. The van der Waals surface area contributed by atoms with Crippen LogP contribution in [0.15, 0.2) is 64.8 Å². The summed E-state index contributed by atoms with van der Waals surface area (Å²) in [6.07, 6.45) is 0.797. The van der Waals surface area contributed by atoms with Crippen LogP contribution in [0.3, 0.4) is 0 Å². The minimum atomic E-state index is 0. The van der Waals surface area contributed by atoms with E-state index in [0.717, 1.165) is 17.9 Å². The quantitative estimate of drug-likeness (QED) is 0.730. The number of nitrogens with two attached hydrogens (primary N) is 1. The van der Waals surface area contributed by atoms with Gasteiger partial charge in [0.1, 0.15) is 0 Å². The van der Waals surface area contributed by atoms with Crippen molar-refractivity contribution in [3.05, 3.63) is 60.2 Å². The van der Waals surface area contributed by atoms with Crippen molar-refractivity contribution >= 4 is 39.6 Å². The zero-order valence-electron chi connectivity index (χ0n) is 13.2. The first-order valence-corrected chi connectivity index (χ1v) is 8.53. The second kappa shape index (κ2) is 9.61. The van der Waals surface area contributed by atoms with Crippen LogP contribution in [0.1, 0.15) is 12.0 Å². The van der Waals surface area contributed by atoms with E-state index in [-0.39, 0.29) is 17.0 Å². The highest BCUT2D eigenvalue weighted by Crippen LogP contribution is 2.19. The monoisotopic (exact) mass is 405 g/mol. The van der Waals surface area contributed by atoms with Crippen molar-refractivity contribution in [3.63, 3.8) is 0 Å². The second-order valence-electron chi connectivity index (χ2n) is 5.26. The molecule has 0 atom stereocenters. The lowest BCUT2D eigenvalue weighted by atomic mass is 10.0. The second-order valence-corrected chi connectivity index (χ2v) is 6.25. The Kier molecular flexibility index (Phi) is 7.49. The predicted octanol–water partition coefficient (Wildman–Crippen LogP) is 4.26. The summed E-state index contributed by atoms with van der Waals surface area (Å²) in [6, 6.07) is 18.9. The van der Waals surface area contributed by atoms with E-state index >= 15 is 0 Å². The number of thioether (sulfide) groups is 1. The number of benzene rings is 2. The molecule has 0 bridgehead atoms. The van der Waals surface area contributed by atoms with Gasteiger partial charge in [0.25, 0.3) is 0 Å². The van der Waals surface area contributed by atoms with Crippen LogP contribution in [0.4, 0.5) is 0 Å². The van der Waals surface area contributed by atoms with E-state index in [1.807, 2.05) is 6.07 Å². The van der Waals surface area contributed by atoms with E-state index in [4.69, 9.17) is 10.5 Å². The fraction of sp³-hybridized carbons (Fsp3) is 0.222. The third-order valence-electron chi connectivity index (χ3n) is 3.54. The zero-order chi connectivity index (χ0) is 15.9. The van der Waals surface area contributed by atoms with Gasteiger partial charge in [-0.1, -0.05) is 66.4 Å². The Labute approximate surface area is 157 Å². The van der Waals surface area contributed by atoms with Crippen molar-refractivity contribution in [3.8, 4) is 11.1 Å². The standard InChI is InChI=1S/C18H19N3OS.BrH/c19-18-21-20-17(13-23-18)10-11-22-12-14-6-8-16(9-7-14)15-4-2-1-3-5-15;/h1-9H,10-13H2,(H2,19,21);1H. The van der Waals surface area contributed by atoms with Gasteiger partial charge in [0, 0.05) is 12.2 Å². The van der Waals surface area contributed by atoms with Gasteiger partial charge in [0.05, 0.1) is 18.9 Å². The van der Waals surface area contributed by atoms with Crippen molar-refractivity contribution in [1.29, 1.82) is 0 Å². The number of nitrogens with zero attached hydrogens (tertiary/aromatic N) is 2.